The Kier molecular flexibility index (Phi) is 11.9. The van der Waals surface area contributed by atoms with Gasteiger partial charge < -0.3 is 15.5 Å². The Morgan fingerprint density at radius 2 is 2.00 bits per heavy atom. The van der Waals surface area contributed by atoms with Gasteiger partial charge in [-0.2, -0.15) is 5.10 Å². The topological polar surface area (TPSA) is 79.3 Å². The molecule has 0 fully saturated rings. The first-order valence-electron chi connectivity index (χ1n) is 6.21. The average Bonchev–Trinajstić information content (AvgIpc) is 2.91. The summed E-state index contributed by atoms with van der Waals surface area (Å²) in [5, 5.41) is 9.67. The number of likely N-dealkylation sites (N-methyl/N-ethyl adjacent to an activating group) is 2. The summed E-state index contributed by atoms with van der Waals surface area (Å²) in [6.45, 7) is 3.05. The quantitative estimate of drug-likeness (QED) is 0.689. The number of halogens is 2. The molecule has 0 bridgehead atoms. The van der Waals surface area contributed by atoms with Crippen LogP contribution in [-0.2, 0) is 9.59 Å². The minimum absolute atomic E-state index is 0. The van der Waals surface area contributed by atoms with Crippen molar-refractivity contribution in [2.45, 2.75) is 13.0 Å². The molecule has 0 aliphatic carbocycles. The summed E-state index contributed by atoms with van der Waals surface area (Å²) in [4.78, 5) is 25.1. The number of aromatic nitrogens is 2. The van der Waals surface area contributed by atoms with Crippen LogP contribution in [0.5, 0.6) is 0 Å². The summed E-state index contributed by atoms with van der Waals surface area (Å²) in [7, 11) is 3.42. The highest BCUT2D eigenvalue weighted by molar-refractivity contribution is 5.86. The van der Waals surface area contributed by atoms with Crippen molar-refractivity contribution in [3.05, 3.63) is 18.5 Å². The molecule has 1 unspecified atom stereocenters. The van der Waals surface area contributed by atoms with Gasteiger partial charge in [0.15, 0.2) is 0 Å². The first kappa shape index (κ1) is 22.0. The van der Waals surface area contributed by atoms with Gasteiger partial charge in [-0.15, -0.1) is 24.8 Å². The molecule has 1 heterocycles. The second-order valence-electron chi connectivity index (χ2n) is 4.31. The van der Waals surface area contributed by atoms with Gasteiger partial charge in [-0.05, 0) is 20.0 Å². The van der Waals surface area contributed by atoms with Crippen molar-refractivity contribution in [3.63, 3.8) is 0 Å². The zero-order valence-electron chi connectivity index (χ0n) is 12.4. The second-order valence-corrected chi connectivity index (χ2v) is 4.31. The number of nitrogens with one attached hydrogen (secondary N) is 2. The van der Waals surface area contributed by atoms with E-state index in [4.69, 9.17) is 0 Å². The van der Waals surface area contributed by atoms with Gasteiger partial charge >= 0.3 is 0 Å². The van der Waals surface area contributed by atoms with E-state index in [9.17, 15) is 9.59 Å². The molecule has 122 valence electrons. The first-order chi connectivity index (χ1) is 9.06. The van der Waals surface area contributed by atoms with Crippen LogP contribution in [0.2, 0.25) is 0 Å². The van der Waals surface area contributed by atoms with Gasteiger partial charge in [-0.25, -0.2) is 0 Å². The summed E-state index contributed by atoms with van der Waals surface area (Å²) < 4.78 is 1.57. The van der Waals surface area contributed by atoms with Crippen LogP contribution in [0.25, 0.3) is 0 Å². The molecule has 0 saturated carbocycles. The number of carbonyl (C=O) groups excluding carboxylic acids is 2. The average molecular weight is 340 g/mol. The van der Waals surface area contributed by atoms with Gasteiger partial charge in [0.2, 0.25) is 11.8 Å². The van der Waals surface area contributed by atoms with Crippen molar-refractivity contribution in [2.75, 3.05) is 33.7 Å². The highest BCUT2D eigenvalue weighted by Crippen LogP contribution is 2.06. The van der Waals surface area contributed by atoms with Crippen LogP contribution in [0.4, 0.5) is 0 Å². The van der Waals surface area contributed by atoms with Crippen LogP contribution in [-0.4, -0.2) is 60.2 Å². The summed E-state index contributed by atoms with van der Waals surface area (Å²) in [6.07, 6.45) is 3.34. The van der Waals surface area contributed by atoms with E-state index in [0.717, 1.165) is 0 Å². The van der Waals surface area contributed by atoms with E-state index in [1.165, 1.54) is 4.90 Å². The largest absolute Gasteiger partial charge is 0.353 e. The maximum Gasteiger partial charge on any atom is 0.247 e. The van der Waals surface area contributed by atoms with E-state index >= 15 is 0 Å². The molecule has 0 saturated heterocycles. The summed E-state index contributed by atoms with van der Waals surface area (Å²) >= 11 is 0. The van der Waals surface area contributed by atoms with E-state index in [1.807, 2.05) is 7.05 Å². The van der Waals surface area contributed by atoms with Gasteiger partial charge in [0.05, 0.1) is 6.54 Å². The third kappa shape index (κ3) is 7.31. The van der Waals surface area contributed by atoms with Crippen LogP contribution in [0, 0.1) is 0 Å². The molecule has 7 nitrogen and oxygen atoms in total. The third-order valence-electron chi connectivity index (χ3n) is 2.73. The van der Waals surface area contributed by atoms with Crippen molar-refractivity contribution in [2.24, 2.45) is 0 Å². The van der Waals surface area contributed by atoms with Crippen molar-refractivity contribution < 1.29 is 9.59 Å². The Balaban J connectivity index is 0. The number of rotatable bonds is 7. The van der Waals surface area contributed by atoms with Gasteiger partial charge in [0, 0.05) is 32.5 Å². The lowest BCUT2D eigenvalue weighted by Crippen LogP contribution is -2.42. The van der Waals surface area contributed by atoms with Crippen LogP contribution in [0.1, 0.15) is 13.0 Å². The van der Waals surface area contributed by atoms with E-state index in [0.29, 0.717) is 13.1 Å². The standard InChI is InChI=1S/C12H21N5O2.2ClH/c1-10(17-8-4-5-15-17)12(19)16(3)9-11(18)14-7-6-13-2;;/h4-5,8,10,13H,6-7,9H2,1-3H3,(H,14,18);2*1H. The van der Waals surface area contributed by atoms with Gasteiger partial charge in [-0.1, -0.05) is 0 Å². The van der Waals surface area contributed by atoms with Crippen molar-refractivity contribution in [1.82, 2.24) is 25.3 Å². The molecule has 0 aliphatic heterocycles. The van der Waals surface area contributed by atoms with Crippen LogP contribution in [0.3, 0.4) is 0 Å². The minimum Gasteiger partial charge on any atom is -0.353 e. The molecular weight excluding hydrogens is 317 g/mol. The molecule has 2 N–H and O–H groups in total. The zero-order valence-corrected chi connectivity index (χ0v) is 14.0. The molecule has 21 heavy (non-hydrogen) atoms. The van der Waals surface area contributed by atoms with Gasteiger partial charge in [-0.3, -0.25) is 14.3 Å². The molecule has 0 radical (unpaired) electrons. The third-order valence-corrected chi connectivity index (χ3v) is 2.73. The second kappa shape index (κ2) is 11.4. The minimum atomic E-state index is -0.412. The Bertz CT molecular complexity index is 414. The SMILES string of the molecule is CNCCNC(=O)CN(C)C(=O)C(C)n1cccn1.Cl.Cl. The highest BCUT2D eigenvalue weighted by atomic mass is 35.5. The monoisotopic (exact) mass is 339 g/mol. The molecule has 1 aromatic rings. The maximum absolute atomic E-state index is 12.1. The Morgan fingerprint density at radius 1 is 1.33 bits per heavy atom. The molecule has 1 aromatic heterocycles. The summed E-state index contributed by atoms with van der Waals surface area (Å²) in [5.74, 6) is -0.314. The number of carbonyl (C=O) groups is 2. The first-order valence-corrected chi connectivity index (χ1v) is 6.21. The smallest absolute Gasteiger partial charge is 0.247 e. The molecular formula is C12H23Cl2N5O2. The Hall–Kier alpha value is -1.31. The lowest BCUT2D eigenvalue weighted by molar-refractivity contribution is -0.137. The molecule has 0 aliphatic rings. The van der Waals surface area contributed by atoms with E-state index in [1.54, 1.807) is 37.1 Å². The predicted octanol–water partition coefficient (Wildman–Crippen LogP) is 0.0817. The molecule has 2 amide bonds. The van der Waals surface area contributed by atoms with Crippen LogP contribution < -0.4 is 10.6 Å². The maximum atomic E-state index is 12.1. The van der Waals surface area contributed by atoms with E-state index < -0.39 is 6.04 Å². The molecule has 1 atom stereocenters. The molecule has 9 heteroatoms. The summed E-state index contributed by atoms with van der Waals surface area (Å²) in [5.41, 5.74) is 0. The number of hydrogen-bond acceptors (Lipinski definition) is 4. The van der Waals surface area contributed by atoms with Crippen molar-refractivity contribution >= 4 is 36.6 Å². The number of hydrogen-bond donors (Lipinski definition) is 2. The van der Waals surface area contributed by atoms with Gasteiger partial charge in [0.1, 0.15) is 6.04 Å². The van der Waals surface area contributed by atoms with Crippen LogP contribution >= 0.6 is 24.8 Å². The highest BCUT2D eigenvalue weighted by Gasteiger charge is 2.20. The lowest BCUT2D eigenvalue weighted by Gasteiger charge is -2.21. The fourth-order valence-corrected chi connectivity index (χ4v) is 1.62. The van der Waals surface area contributed by atoms with Crippen LogP contribution in [0.15, 0.2) is 18.5 Å². The Labute approximate surface area is 137 Å². The van der Waals surface area contributed by atoms with Crippen molar-refractivity contribution in [1.29, 1.82) is 0 Å². The number of amides is 2. The molecule has 0 spiro atoms. The van der Waals surface area contributed by atoms with Crippen molar-refractivity contribution in [3.8, 4) is 0 Å². The predicted molar refractivity (Wildman–Crippen MR) is 86.0 cm³/mol. The number of nitrogens with zero attached hydrogens (tertiary/aromatic N) is 3. The molecule has 0 aromatic carbocycles. The fraction of sp³-hybridized carbons (Fsp3) is 0.583. The van der Waals surface area contributed by atoms with E-state index in [2.05, 4.69) is 15.7 Å². The normalized spacial score (nSPS) is 10.8. The fourth-order valence-electron chi connectivity index (χ4n) is 1.62. The van der Waals surface area contributed by atoms with E-state index in [-0.39, 0.29) is 43.2 Å². The van der Waals surface area contributed by atoms with Gasteiger partial charge in [0.25, 0.3) is 0 Å². The molecule has 1 rings (SSSR count). The lowest BCUT2D eigenvalue weighted by atomic mass is 10.3. The zero-order chi connectivity index (χ0) is 14.3. The Morgan fingerprint density at radius 3 is 2.52 bits per heavy atom. The summed E-state index contributed by atoms with van der Waals surface area (Å²) in [6, 6.07) is 1.35.